The smallest absolute Gasteiger partial charge is 0.321 e. The van der Waals surface area contributed by atoms with Gasteiger partial charge in [0.05, 0.1) is 18.2 Å². The maximum absolute atomic E-state index is 12.3. The molecule has 1 aromatic rings. The van der Waals surface area contributed by atoms with Crippen LogP contribution < -0.4 is 5.32 Å². The molecular weight excluding hydrogens is 318 g/mol. The van der Waals surface area contributed by atoms with E-state index in [2.05, 4.69) is 16.3 Å². The van der Waals surface area contributed by atoms with E-state index in [9.17, 15) is 9.59 Å². The number of benzene rings is 1. The number of hydrogen-bond donors (Lipinski definition) is 1. The average Bonchev–Trinajstić information content (AvgIpc) is 3.18. The first kappa shape index (κ1) is 17.2. The van der Waals surface area contributed by atoms with Crippen molar-refractivity contribution in [2.45, 2.75) is 12.8 Å². The van der Waals surface area contributed by atoms with E-state index in [1.807, 2.05) is 4.90 Å². The number of anilines is 1. The molecule has 1 aromatic carbocycles. The molecule has 2 aliphatic rings. The summed E-state index contributed by atoms with van der Waals surface area (Å²) in [6.07, 6.45) is 2.21. The number of amides is 3. The zero-order valence-electron chi connectivity index (χ0n) is 14.3. The lowest BCUT2D eigenvalue weighted by Crippen LogP contribution is -2.52. The van der Waals surface area contributed by atoms with E-state index in [4.69, 9.17) is 5.26 Å². The molecule has 1 N–H and O–H groups in total. The van der Waals surface area contributed by atoms with Gasteiger partial charge in [-0.05, 0) is 37.1 Å². The van der Waals surface area contributed by atoms with Crippen LogP contribution in [-0.4, -0.2) is 72.5 Å². The molecule has 2 saturated heterocycles. The standard InChI is InChI=1S/C18H23N5O2/c19-13-15-3-5-16(6-4-15)20-18(25)23-11-9-21(10-12-23)14-17(24)22-7-1-2-8-22/h3-6H,1-2,7-12,14H2,(H,20,25). The first-order valence-electron chi connectivity index (χ1n) is 8.72. The molecule has 2 heterocycles. The maximum Gasteiger partial charge on any atom is 0.321 e. The zero-order valence-corrected chi connectivity index (χ0v) is 14.3. The molecule has 0 unspecified atom stereocenters. The minimum Gasteiger partial charge on any atom is -0.342 e. The van der Waals surface area contributed by atoms with Gasteiger partial charge < -0.3 is 15.1 Å². The Balaban J connectivity index is 1.44. The highest BCUT2D eigenvalue weighted by molar-refractivity contribution is 5.89. The number of carbonyl (C=O) groups is 2. The molecule has 0 bridgehead atoms. The molecule has 0 aromatic heterocycles. The van der Waals surface area contributed by atoms with E-state index in [-0.39, 0.29) is 11.9 Å². The molecule has 132 valence electrons. The Labute approximate surface area is 147 Å². The van der Waals surface area contributed by atoms with Crippen molar-refractivity contribution in [3.8, 4) is 6.07 Å². The van der Waals surface area contributed by atoms with Crippen molar-refractivity contribution in [1.82, 2.24) is 14.7 Å². The third-order valence-electron chi connectivity index (χ3n) is 4.74. The van der Waals surface area contributed by atoms with E-state index in [0.29, 0.717) is 44.0 Å². The van der Waals surface area contributed by atoms with Gasteiger partial charge in [0.25, 0.3) is 0 Å². The van der Waals surface area contributed by atoms with Gasteiger partial charge in [0, 0.05) is 45.0 Å². The predicted octanol–water partition coefficient (Wildman–Crippen LogP) is 1.33. The van der Waals surface area contributed by atoms with Crippen LogP contribution in [0.15, 0.2) is 24.3 Å². The Morgan fingerprint density at radius 1 is 0.960 bits per heavy atom. The number of carbonyl (C=O) groups excluding carboxylic acids is 2. The lowest BCUT2D eigenvalue weighted by molar-refractivity contribution is -0.131. The summed E-state index contributed by atoms with van der Waals surface area (Å²) in [5.41, 5.74) is 1.24. The number of nitriles is 1. The van der Waals surface area contributed by atoms with Crippen molar-refractivity contribution in [3.05, 3.63) is 29.8 Å². The Hall–Kier alpha value is -2.59. The van der Waals surface area contributed by atoms with Crippen molar-refractivity contribution in [1.29, 1.82) is 5.26 Å². The average molecular weight is 341 g/mol. The number of urea groups is 1. The maximum atomic E-state index is 12.3. The molecular formula is C18H23N5O2. The summed E-state index contributed by atoms with van der Waals surface area (Å²) in [6, 6.07) is 8.71. The summed E-state index contributed by atoms with van der Waals surface area (Å²) in [5, 5.41) is 11.6. The van der Waals surface area contributed by atoms with E-state index >= 15 is 0 Å². The second-order valence-corrected chi connectivity index (χ2v) is 6.47. The Morgan fingerprint density at radius 2 is 1.60 bits per heavy atom. The number of likely N-dealkylation sites (tertiary alicyclic amines) is 1. The van der Waals surface area contributed by atoms with E-state index in [0.717, 1.165) is 25.9 Å². The Kier molecular flexibility index (Phi) is 5.51. The molecule has 3 rings (SSSR count). The number of hydrogen-bond acceptors (Lipinski definition) is 4. The van der Waals surface area contributed by atoms with Crippen LogP contribution in [0.3, 0.4) is 0 Å². The first-order valence-corrected chi connectivity index (χ1v) is 8.72. The van der Waals surface area contributed by atoms with E-state index < -0.39 is 0 Å². The predicted molar refractivity (Wildman–Crippen MR) is 94.0 cm³/mol. The van der Waals surface area contributed by atoms with Gasteiger partial charge in [0.2, 0.25) is 5.91 Å². The third kappa shape index (κ3) is 4.48. The molecule has 0 atom stereocenters. The molecule has 0 aliphatic carbocycles. The Morgan fingerprint density at radius 3 is 2.20 bits per heavy atom. The van der Waals surface area contributed by atoms with Gasteiger partial charge in [-0.3, -0.25) is 9.69 Å². The van der Waals surface area contributed by atoms with Crippen molar-refractivity contribution in [2.75, 3.05) is 51.1 Å². The Bertz CT molecular complexity index is 653. The lowest BCUT2D eigenvalue weighted by atomic mass is 10.2. The summed E-state index contributed by atoms with van der Waals surface area (Å²) in [5.74, 6) is 0.202. The van der Waals surface area contributed by atoms with Crippen LogP contribution in [0.2, 0.25) is 0 Å². The summed E-state index contributed by atoms with van der Waals surface area (Å²) < 4.78 is 0. The molecule has 7 nitrogen and oxygen atoms in total. The minimum atomic E-state index is -0.143. The van der Waals surface area contributed by atoms with Crippen LogP contribution in [0, 0.1) is 11.3 Å². The van der Waals surface area contributed by atoms with Gasteiger partial charge in [0.15, 0.2) is 0 Å². The van der Waals surface area contributed by atoms with Crippen molar-refractivity contribution in [3.63, 3.8) is 0 Å². The molecule has 0 radical (unpaired) electrons. The quantitative estimate of drug-likeness (QED) is 0.899. The number of nitrogens with one attached hydrogen (secondary N) is 1. The fourth-order valence-corrected chi connectivity index (χ4v) is 3.20. The SMILES string of the molecule is N#Cc1ccc(NC(=O)N2CCN(CC(=O)N3CCCC3)CC2)cc1. The summed E-state index contributed by atoms with van der Waals surface area (Å²) in [6.45, 7) is 4.84. The monoisotopic (exact) mass is 341 g/mol. The molecule has 2 fully saturated rings. The van der Waals surface area contributed by atoms with Crippen LogP contribution in [0.5, 0.6) is 0 Å². The molecule has 3 amide bonds. The largest absolute Gasteiger partial charge is 0.342 e. The highest BCUT2D eigenvalue weighted by Gasteiger charge is 2.25. The molecule has 25 heavy (non-hydrogen) atoms. The molecule has 0 spiro atoms. The van der Waals surface area contributed by atoms with Crippen LogP contribution in [0.1, 0.15) is 18.4 Å². The highest BCUT2D eigenvalue weighted by atomic mass is 16.2. The van der Waals surface area contributed by atoms with E-state index in [1.165, 1.54) is 0 Å². The molecule has 0 saturated carbocycles. The topological polar surface area (TPSA) is 79.7 Å². The number of piperazine rings is 1. The van der Waals surface area contributed by atoms with Gasteiger partial charge >= 0.3 is 6.03 Å². The fraction of sp³-hybridized carbons (Fsp3) is 0.500. The van der Waals surface area contributed by atoms with Gasteiger partial charge in [-0.25, -0.2) is 4.79 Å². The number of rotatable bonds is 3. The van der Waals surface area contributed by atoms with Gasteiger partial charge in [-0.2, -0.15) is 5.26 Å². The normalized spacial score (nSPS) is 18.0. The summed E-state index contributed by atoms with van der Waals surface area (Å²) in [4.78, 5) is 30.3. The van der Waals surface area contributed by atoms with Crippen LogP contribution in [0.25, 0.3) is 0 Å². The molecule has 2 aliphatic heterocycles. The first-order chi connectivity index (χ1) is 12.2. The van der Waals surface area contributed by atoms with Crippen molar-refractivity contribution in [2.24, 2.45) is 0 Å². The van der Waals surface area contributed by atoms with Crippen LogP contribution >= 0.6 is 0 Å². The molecule has 7 heteroatoms. The zero-order chi connectivity index (χ0) is 17.6. The van der Waals surface area contributed by atoms with Crippen molar-refractivity contribution >= 4 is 17.6 Å². The van der Waals surface area contributed by atoms with Crippen LogP contribution in [-0.2, 0) is 4.79 Å². The highest BCUT2D eigenvalue weighted by Crippen LogP contribution is 2.12. The summed E-state index contributed by atoms with van der Waals surface area (Å²) in [7, 11) is 0. The third-order valence-corrected chi connectivity index (χ3v) is 4.74. The number of nitrogens with zero attached hydrogens (tertiary/aromatic N) is 4. The van der Waals surface area contributed by atoms with Gasteiger partial charge in [0.1, 0.15) is 0 Å². The van der Waals surface area contributed by atoms with Gasteiger partial charge in [-0.1, -0.05) is 0 Å². The van der Waals surface area contributed by atoms with Crippen LogP contribution in [0.4, 0.5) is 10.5 Å². The van der Waals surface area contributed by atoms with Gasteiger partial charge in [-0.15, -0.1) is 0 Å². The summed E-state index contributed by atoms with van der Waals surface area (Å²) >= 11 is 0. The second-order valence-electron chi connectivity index (χ2n) is 6.47. The fourth-order valence-electron chi connectivity index (χ4n) is 3.20. The van der Waals surface area contributed by atoms with E-state index in [1.54, 1.807) is 29.2 Å². The second kappa shape index (κ2) is 7.99. The minimum absolute atomic E-state index is 0.143. The van der Waals surface area contributed by atoms with Crippen molar-refractivity contribution < 1.29 is 9.59 Å². The lowest BCUT2D eigenvalue weighted by Gasteiger charge is -2.35.